The molecular formula is C11H13F3N2O3S. The van der Waals surface area contributed by atoms with Gasteiger partial charge in [-0.2, -0.15) is 13.2 Å². The number of sulfonamides is 1. The van der Waals surface area contributed by atoms with E-state index in [1.807, 2.05) is 5.43 Å². The smallest absolute Gasteiger partial charge is 0.278 e. The lowest BCUT2D eigenvalue weighted by atomic mass is 10.2. The van der Waals surface area contributed by atoms with Crippen molar-refractivity contribution in [1.82, 2.24) is 10.3 Å². The lowest BCUT2D eigenvalue weighted by molar-refractivity contribution is -0.137. The van der Waals surface area contributed by atoms with Crippen LogP contribution in [0.2, 0.25) is 0 Å². The Kier molecular flexibility index (Phi) is 5.12. The Morgan fingerprint density at radius 3 is 2.50 bits per heavy atom. The number of carbonyl (C=O) groups excluding carboxylic acids is 1. The van der Waals surface area contributed by atoms with Crippen LogP contribution in [-0.4, -0.2) is 14.3 Å². The van der Waals surface area contributed by atoms with Gasteiger partial charge < -0.3 is 0 Å². The standard InChI is InChI=1S/C11H13F3N2O3S/c1-2-4-10(17)15-16-20(18,19)9-6-3-5-8(7-9)11(12,13)14/h3,5-7,16H,2,4H2,1H3,(H,15,17). The van der Waals surface area contributed by atoms with E-state index in [0.29, 0.717) is 12.5 Å². The number of rotatable bonds is 5. The topological polar surface area (TPSA) is 75.3 Å². The van der Waals surface area contributed by atoms with Gasteiger partial charge in [0.15, 0.2) is 0 Å². The quantitative estimate of drug-likeness (QED) is 0.815. The summed E-state index contributed by atoms with van der Waals surface area (Å²) in [5.41, 5.74) is 0.839. The summed E-state index contributed by atoms with van der Waals surface area (Å²) >= 11 is 0. The highest BCUT2D eigenvalue weighted by molar-refractivity contribution is 7.89. The van der Waals surface area contributed by atoms with Crippen molar-refractivity contribution in [2.24, 2.45) is 0 Å². The van der Waals surface area contributed by atoms with E-state index in [1.165, 1.54) is 0 Å². The third-order valence-corrected chi connectivity index (χ3v) is 3.52. The lowest BCUT2D eigenvalue weighted by Gasteiger charge is -2.10. The third kappa shape index (κ3) is 4.49. The summed E-state index contributed by atoms with van der Waals surface area (Å²) in [5.74, 6) is -0.567. The van der Waals surface area contributed by atoms with E-state index < -0.39 is 32.6 Å². The van der Waals surface area contributed by atoms with Crippen molar-refractivity contribution in [2.45, 2.75) is 30.8 Å². The second kappa shape index (κ2) is 6.23. The number of alkyl halides is 3. The second-order valence-electron chi connectivity index (χ2n) is 3.93. The fraction of sp³-hybridized carbons (Fsp3) is 0.364. The number of hydrogen-bond donors (Lipinski definition) is 2. The summed E-state index contributed by atoms with van der Waals surface area (Å²) in [6, 6.07) is 3.23. The molecule has 0 unspecified atom stereocenters. The summed E-state index contributed by atoms with van der Waals surface area (Å²) < 4.78 is 60.9. The summed E-state index contributed by atoms with van der Waals surface area (Å²) in [6.07, 6.45) is -4.03. The minimum atomic E-state index is -4.64. The molecule has 9 heteroatoms. The molecule has 5 nitrogen and oxygen atoms in total. The van der Waals surface area contributed by atoms with Crippen LogP contribution in [0.3, 0.4) is 0 Å². The molecule has 0 aliphatic carbocycles. The zero-order valence-electron chi connectivity index (χ0n) is 10.5. The van der Waals surface area contributed by atoms with E-state index in [1.54, 1.807) is 11.8 Å². The van der Waals surface area contributed by atoms with Gasteiger partial charge in [-0.3, -0.25) is 10.2 Å². The van der Waals surface area contributed by atoms with Crippen LogP contribution in [-0.2, 0) is 21.0 Å². The van der Waals surface area contributed by atoms with Crippen LogP contribution >= 0.6 is 0 Å². The number of benzene rings is 1. The van der Waals surface area contributed by atoms with E-state index in [9.17, 15) is 26.4 Å². The molecule has 0 bridgehead atoms. The highest BCUT2D eigenvalue weighted by atomic mass is 32.2. The average molecular weight is 310 g/mol. The van der Waals surface area contributed by atoms with Gasteiger partial charge in [-0.05, 0) is 24.6 Å². The number of amides is 1. The van der Waals surface area contributed by atoms with Gasteiger partial charge in [0.1, 0.15) is 0 Å². The highest BCUT2D eigenvalue weighted by Crippen LogP contribution is 2.30. The third-order valence-electron chi connectivity index (χ3n) is 2.27. The monoisotopic (exact) mass is 310 g/mol. The maximum Gasteiger partial charge on any atom is 0.416 e. The Morgan fingerprint density at radius 2 is 1.95 bits per heavy atom. The van der Waals surface area contributed by atoms with Crippen molar-refractivity contribution in [3.63, 3.8) is 0 Å². The molecule has 0 aromatic heterocycles. The molecule has 1 amide bonds. The normalized spacial score (nSPS) is 12.2. The van der Waals surface area contributed by atoms with Gasteiger partial charge in [-0.15, -0.1) is 4.83 Å². The maximum absolute atomic E-state index is 12.5. The molecule has 20 heavy (non-hydrogen) atoms. The zero-order chi connectivity index (χ0) is 15.4. The molecule has 1 aromatic rings. The average Bonchev–Trinajstić information content (AvgIpc) is 2.36. The molecule has 2 N–H and O–H groups in total. The Morgan fingerprint density at radius 1 is 1.30 bits per heavy atom. The van der Waals surface area contributed by atoms with Crippen molar-refractivity contribution in [2.75, 3.05) is 0 Å². The minimum Gasteiger partial charge on any atom is -0.278 e. The molecule has 1 rings (SSSR count). The molecular weight excluding hydrogens is 297 g/mol. The molecule has 0 heterocycles. The molecule has 0 spiro atoms. The van der Waals surface area contributed by atoms with Crippen molar-refractivity contribution in [3.05, 3.63) is 29.8 Å². The molecule has 0 saturated heterocycles. The van der Waals surface area contributed by atoms with Gasteiger partial charge in [0.05, 0.1) is 10.5 Å². The summed E-state index contributed by atoms with van der Waals surface area (Å²) in [7, 11) is -4.24. The van der Waals surface area contributed by atoms with E-state index in [4.69, 9.17) is 0 Å². The first-order chi connectivity index (χ1) is 9.16. The number of carbonyl (C=O) groups is 1. The van der Waals surface area contributed by atoms with Gasteiger partial charge in [-0.1, -0.05) is 13.0 Å². The Labute approximate surface area is 114 Å². The van der Waals surface area contributed by atoms with Crippen LogP contribution < -0.4 is 10.3 Å². The minimum absolute atomic E-state index is 0.102. The van der Waals surface area contributed by atoms with Crippen molar-refractivity contribution in [3.8, 4) is 0 Å². The van der Waals surface area contributed by atoms with E-state index in [2.05, 4.69) is 0 Å². The van der Waals surface area contributed by atoms with Gasteiger partial charge in [-0.25, -0.2) is 8.42 Å². The van der Waals surface area contributed by atoms with Crippen LogP contribution in [0, 0.1) is 0 Å². The first-order valence-corrected chi connectivity index (χ1v) is 7.13. The maximum atomic E-state index is 12.5. The molecule has 0 fully saturated rings. The molecule has 0 saturated carbocycles. The largest absolute Gasteiger partial charge is 0.416 e. The van der Waals surface area contributed by atoms with E-state index >= 15 is 0 Å². The summed E-state index contributed by atoms with van der Waals surface area (Å²) in [4.78, 5) is 12.3. The molecule has 112 valence electrons. The number of nitrogens with one attached hydrogen (secondary N) is 2. The van der Waals surface area contributed by atoms with Crippen molar-refractivity contribution in [1.29, 1.82) is 0 Å². The van der Waals surface area contributed by atoms with Gasteiger partial charge in [0.2, 0.25) is 5.91 Å². The van der Waals surface area contributed by atoms with Crippen LogP contribution in [0.25, 0.3) is 0 Å². The Balaban J connectivity index is 2.91. The van der Waals surface area contributed by atoms with Gasteiger partial charge in [0, 0.05) is 6.42 Å². The second-order valence-corrected chi connectivity index (χ2v) is 5.61. The van der Waals surface area contributed by atoms with Crippen LogP contribution in [0.1, 0.15) is 25.3 Å². The van der Waals surface area contributed by atoms with Crippen LogP contribution in [0.4, 0.5) is 13.2 Å². The van der Waals surface area contributed by atoms with Crippen LogP contribution in [0.15, 0.2) is 29.2 Å². The molecule has 0 atom stereocenters. The first-order valence-electron chi connectivity index (χ1n) is 5.64. The molecule has 0 aliphatic rings. The SMILES string of the molecule is CCCC(=O)NNS(=O)(=O)c1cccc(C(F)(F)F)c1. The fourth-order valence-electron chi connectivity index (χ4n) is 1.31. The summed E-state index contributed by atoms with van der Waals surface area (Å²) in [6.45, 7) is 1.72. The predicted molar refractivity (Wildman–Crippen MR) is 64.8 cm³/mol. The summed E-state index contributed by atoms with van der Waals surface area (Å²) in [5, 5.41) is 0. The Bertz CT molecular complexity index is 585. The fourth-order valence-corrected chi connectivity index (χ4v) is 2.22. The predicted octanol–water partition coefficient (Wildman–Crippen LogP) is 1.82. The zero-order valence-corrected chi connectivity index (χ0v) is 11.3. The Hall–Kier alpha value is -1.61. The van der Waals surface area contributed by atoms with E-state index in [0.717, 1.165) is 18.2 Å². The number of hydrazine groups is 1. The number of hydrogen-bond acceptors (Lipinski definition) is 3. The van der Waals surface area contributed by atoms with Gasteiger partial charge in [0.25, 0.3) is 10.0 Å². The van der Waals surface area contributed by atoms with Crippen molar-refractivity contribution >= 4 is 15.9 Å². The van der Waals surface area contributed by atoms with Crippen molar-refractivity contribution < 1.29 is 26.4 Å². The first kappa shape index (κ1) is 16.4. The highest BCUT2D eigenvalue weighted by Gasteiger charge is 2.31. The van der Waals surface area contributed by atoms with Crippen LogP contribution in [0.5, 0.6) is 0 Å². The molecule has 0 aliphatic heterocycles. The molecule has 1 aromatic carbocycles. The number of halogens is 3. The lowest BCUT2D eigenvalue weighted by Crippen LogP contribution is -2.41. The molecule has 0 radical (unpaired) electrons. The van der Waals surface area contributed by atoms with E-state index in [-0.39, 0.29) is 6.42 Å². The van der Waals surface area contributed by atoms with Gasteiger partial charge >= 0.3 is 6.18 Å².